The van der Waals surface area contributed by atoms with Crippen molar-refractivity contribution >= 4 is 29.9 Å². The van der Waals surface area contributed by atoms with E-state index in [4.69, 9.17) is 4.74 Å². The Hall–Kier alpha value is -0.980. The lowest BCUT2D eigenvalue weighted by molar-refractivity contribution is 0.408. The molecule has 0 atom stereocenters. The first-order valence-corrected chi connectivity index (χ1v) is 7.31. The fourth-order valence-corrected chi connectivity index (χ4v) is 2.20. The Kier molecular flexibility index (Phi) is 7.85. The van der Waals surface area contributed by atoms with Crippen LogP contribution in [0.15, 0.2) is 23.2 Å². The molecule has 0 radical (unpaired) electrons. The van der Waals surface area contributed by atoms with Gasteiger partial charge in [0.25, 0.3) is 0 Å². The van der Waals surface area contributed by atoms with Crippen molar-refractivity contribution in [2.45, 2.75) is 32.7 Å². The first-order chi connectivity index (χ1) is 9.72. The number of rotatable bonds is 6. The molecular formula is C16H26IN3O. The number of ether oxygens (including phenoxy) is 1. The molecule has 1 aromatic rings. The molecule has 1 aliphatic carbocycles. The Balaban J connectivity index is 0.00000220. The van der Waals surface area contributed by atoms with E-state index >= 15 is 0 Å². The topological polar surface area (TPSA) is 45.7 Å². The molecule has 1 aliphatic rings. The second-order valence-corrected chi connectivity index (χ2v) is 5.40. The van der Waals surface area contributed by atoms with E-state index in [1.165, 1.54) is 24.8 Å². The van der Waals surface area contributed by atoms with Crippen LogP contribution in [0.5, 0.6) is 5.75 Å². The van der Waals surface area contributed by atoms with E-state index in [0.717, 1.165) is 29.7 Å². The van der Waals surface area contributed by atoms with Gasteiger partial charge in [0, 0.05) is 25.7 Å². The molecule has 21 heavy (non-hydrogen) atoms. The maximum Gasteiger partial charge on any atom is 0.191 e. The number of methoxy groups -OCH3 is 1. The Labute approximate surface area is 144 Å². The van der Waals surface area contributed by atoms with Crippen LogP contribution in [0.2, 0.25) is 0 Å². The predicted octanol–water partition coefficient (Wildman–Crippen LogP) is 3.09. The van der Waals surface area contributed by atoms with Crippen LogP contribution < -0.4 is 15.4 Å². The maximum atomic E-state index is 5.41. The van der Waals surface area contributed by atoms with Crippen molar-refractivity contribution < 1.29 is 4.74 Å². The molecular weight excluding hydrogens is 377 g/mol. The second kappa shape index (κ2) is 9.12. The highest BCUT2D eigenvalue weighted by Crippen LogP contribution is 2.31. The fraction of sp³-hybridized carbons (Fsp3) is 0.562. The van der Waals surface area contributed by atoms with Crippen molar-refractivity contribution in [3.05, 3.63) is 29.3 Å². The van der Waals surface area contributed by atoms with Crippen molar-refractivity contribution in [3.63, 3.8) is 0 Å². The van der Waals surface area contributed by atoms with Crippen LogP contribution in [0.1, 0.15) is 30.4 Å². The Morgan fingerprint density at radius 2 is 2.10 bits per heavy atom. The number of halogens is 1. The van der Waals surface area contributed by atoms with Crippen LogP contribution in [0, 0.1) is 12.8 Å². The number of aliphatic imine (C=N–C) groups is 1. The average molecular weight is 403 g/mol. The molecule has 0 aliphatic heterocycles. The van der Waals surface area contributed by atoms with E-state index in [1.54, 1.807) is 14.2 Å². The molecule has 2 rings (SSSR count). The highest BCUT2D eigenvalue weighted by molar-refractivity contribution is 14.0. The molecule has 0 amide bonds. The number of hydrogen-bond donors (Lipinski definition) is 2. The number of benzene rings is 1. The first-order valence-electron chi connectivity index (χ1n) is 7.31. The van der Waals surface area contributed by atoms with Crippen LogP contribution in [0.3, 0.4) is 0 Å². The molecule has 0 bridgehead atoms. The molecule has 0 spiro atoms. The quantitative estimate of drug-likeness (QED) is 0.436. The molecule has 0 heterocycles. The zero-order chi connectivity index (χ0) is 14.4. The van der Waals surface area contributed by atoms with E-state index < -0.39 is 0 Å². The molecule has 0 unspecified atom stereocenters. The van der Waals surface area contributed by atoms with Gasteiger partial charge in [0.05, 0.1) is 7.11 Å². The van der Waals surface area contributed by atoms with Gasteiger partial charge in [-0.1, -0.05) is 25.0 Å². The Morgan fingerprint density at radius 1 is 1.33 bits per heavy atom. The SMILES string of the molecule is CN=C(NCCC1CC1)NCc1ccc(C)cc1OC.I. The number of nitrogens with zero attached hydrogens (tertiary/aromatic N) is 1. The van der Waals surface area contributed by atoms with Gasteiger partial charge in [0.15, 0.2) is 5.96 Å². The van der Waals surface area contributed by atoms with Crippen molar-refractivity contribution in [2.24, 2.45) is 10.9 Å². The minimum atomic E-state index is 0. The summed E-state index contributed by atoms with van der Waals surface area (Å²) in [7, 11) is 3.51. The summed E-state index contributed by atoms with van der Waals surface area (Å²) in [4.78, 5) is 4.25. The number of hydrogen-bond acceptors (Lipinski definition) is 2. The van der Waals surface area contributed by atoms with Crippen LogP contribution in [0.25, 0.3) is 0 Å². The number of aryl methyl sites for hydroxylation is 1. The van der Waals surface area contributed by atoms with E-state index in [2.05, 4.69) is 40.7 Å². The molecule has 118 valence electrons. The van der Waals surface area contributed by atoms with Gasteiger partial charge in [-0.05, 0) is 30.9 Å². The zero-order valence-electron chi connectivity index (χ0n) is 13.1. The van der Waals surface area contributed by atoms with E-state index in [-0.39, 0.29) is 24.0 Å². The van der Waals surface area contributed by atoms with Gasteiger partial charge in [-0.3, -0.25) is 4.99 Å². The van der Waals surface area contributed by atoms with Gasteiger partial charge >= 0.3 is 0 Å². The normalized spacial score (nSPS) is 14.3. The summed E-state index contributed by atoms with van der Waals surface area (Å²) < 4.78 is 5.41. The minimum absolute atomic E-state index is 0. The van der Waals surface area contributed by atoms with Crippen LogP contribution in [-0.4, -0.2) is 26.7 Å². The van der Waals surface area contributed by atoms with Gasteiger partial charge < -0.3 is 15.4 Å². The third kappa shape index (κ3) is 6.11. The highest BCUT2D eigenvalue weighted by atomic mass is 127. The Bertz CT molecular complexity index is 473. The van der Waals surface area contributed by atoms with Crippen molar-refractivity contribution in [1.29, 1.82) is 0 Å². The lowest BCUT2D eigenvalue weighted by Crippen LogP contribution is -2.37. The number of nitrogens with one attached hydrogen (secondary N) is 2. The lowest BCUT2D eigenvalue weighted by Gasteiger charge is -2.14. The largest absolute Gasteiger partial charge is 0.496 e. The number of guanidine groups is 1. The van der Waals surface area contributed by atoms with Crippen LogP contribution in [-0.2, 0) is 6.54 Å². The van der Waals surface area contributed by atoms with Gasteiger partial charge in [-0.15, -0.1) is 24.0 Å². The molecule has 2 N–H and O–H groups in total. The molecule has 1 aromatic carbocycles. The van der Waals surface area contributed by atoms with E-state index in [9.17, 15) is 0 Å². The van der Waals surface area contributed by atoms with Crippen molar-refractivity contribution in [1.82, 2.24) is 10.6 Å². The molecule has 0 saturated heterocycles. The maximum absolute atomic E-state index is 5.41. The minimum Gasteiger partial charge on any atom is -0.496 e. The van der Waals surface area contributed by atoms with Gasteiger partial charge in [0.2, 0.25) is 0 Å². The predicted molar refractivity (Wildman–Crippen MR) is 98.7 cm³/mol. The molecule has 0 aromatic heterocycles. The molecule has 1 saturated carbocycles. The van der Waals surface area contributed by atoms with Crippen molar-refractivity contribution in [3.8, 4) is 5.75 Å². The summed E-state index contributed by atoms with van der Waals surface area (Å²) in [5, 5.41) is 6.69. The third-order valence-corrected chi connectivity index (χ3v) is 3.65. The summed E-state index contributed by atoms with van der Waals surface area (Å²) in [5.41, 5.74) is 2.35. The molecule has 5 heteroatoms. The van der Waals surface area contributed by atoms with Crippen LogP contribution >= 0.6 is 24.0 Å². The fourth-order valence-electron chi connectivity index (χ4n) is 2.20. The summed E-state index contributed by atoms with van der Waals surface area (Å²) in [6, 6.07) is 6.25. The van der Waals surface area contributed by atoms with Gasteiger partial charge in [-0.2, -0.15) is 0 Å². The standard InChI is InChI=1S/C16H25N3O.HI/c1-12-4-7-14(15(10-12)20-3)11-19-16(17-2)18-9-8-13-5-6-13;/h4,7,10,13H,5-6,8-9,11H2,1-3H3,(H2,17,18,19);1H. The summed E-state index contributed by atoms with van der Waals surface area (Å²) in [6.07, 6.45) is 4.04. The van der Waals surface area contributed by atoms with E-state index in [0.29, 0.717) is 6.54 Å². The first kappa shape index (κ1) is 18.1. The summed E-state index contributed by atoms with van der Waals surface area (Å²) in [6.45, 7) is 3.78. The Morgan fingerprint density at radius 3 is 2.71 bits per heavy atom. The smallest absolute Gasteiger partial charge is 0.191 e. The summed E-state index contributed by atoms with van der Waals surface area (Å²) in [5.74, 6) is 2.72. The monoisotopic (exact) mass is 403 g/mol. The summed E-state index contributed by atoms with van der Waals surface area (Å²) >= 11 is 0. The zero-order valence-corrected chi connectivity index (χ0v) is 15.4. The van der Waals surface area contributed by atoms with E-state index in [1.807, 2.05) is 0 Å². The molecule has 1 fully saturated rings. The molecule has 4 nitrogen and oxygen atoms in total. The third-order valence-electron chi connectivity index (χ3n) is 3.65. The van der Waals surface area contributed by atoms with Gasteiger partial charge in [-0.25, -0.2) is 0 Å². The van der Waals surface area contributed by atoms with Crippen molar-refractivity contribution in [2.75, 3.05) is 20.7 Å². The second-order valence-electron chi connectivity index (χ2n) is 5.40. The van der Waals surface area contributed by atoms with Crippen LogP contribution in [0.4, 0.5) is 0 Å². The van der Waals surface area contributed by atoms with Gasteiger partial charge in [0.1, 0.15) is 5.75 Å². The average Bonchev–Trinajstić information content (AvgIpc) is 3.27. The lowest BCUT2D eigenvalue weighted by atomic mass is 10.1. The highest BCUT2D eigenvalue weighted by Gasteiger charge is 2.20.